The van der Waals surface area contributed by atoms with Crippen LogP contribution >= 0.6 is 0 Å². The Labute approximate surface area is 57.9 Å². The van der Waals surface area contributed by atoms with Crippen molar-refractivity contribution >= 4 is 11.7 Å². The van der Waals surface area contributed by atoms with Gasteiger partial charge in [-0.3, -0.25) is 0 Å². The van der Waals surface area contributed by atoms with Gasteiger partial charge in [0, 0.05) is 19.4 Å². The summed E-state index contributed by atoms with van der Waals surface area (Å²) in [5.74, 6) is -0.988. The maximum atomic E-state index is 10.3. The number of nitrogens with zero attached hydrogens (tertiary/aromatic N) is 1. The van der Waals surface area contributed by atoms with Crippen molar-refractivity contribution in [2.45, 2.75) is 0 Å². The second-order valence-corrected chi connectivity index (χ2v) is 2.10. The van der Waals surface area contributed by atoms with Crippen LogP contribution in [0.4, 0.5) is 5.69 Å². The number of rotatable bonds is 1. The largest absolute Gasteiger partial charge is 0.478 e. The van der Waals surface area contributed by atoms with Crippen LogP contribution in [-0.2, 0) is 7.05 Å². The average molecular weight is 140 g/mol. The summed E-state index contributed by atoms with van der Waals surface area (Å²) < 4.78 is 1.61. The van der Waals surface area contributed by atoms with Gasteiger partial charge in [0.25, 0.3) is 0 Å². The molecule has 3 N–H and O–H groups in total. The Balaban J connectivity index is 3.15. The van der Waals surface area contributed by atoms with Crippen LogP contribution in [0.15, 0.2) is 12.4 Å². The van der Waals surface area contributed by atoms with Crippen LogP contribution in [0.25, 0.3) is 0 Å². The van der Waals surface area contributed by atoms with Gasteiger partial charge in [-0.2, -0.15) is 0 Å². The molecule has 0 saturated heterocycles. The Morgan fingerprint density at radius 3 is 2.50 bits per heavy atom. The summed E-state index contributed by atoms with van der Waals surface area (Å²) in [5.41, 5.74) is 5.80. The number of hydrogen-bond donors (Lipinski definition) is 2. The van der Waals surface area contributed by atoms with Gasteiger partial charge in [-0.15, -0.1) is 0 Å². The standard InChI is InChI=1S/C6H8N2O2/c1-8-2-4(6(9)10)5(7)3-8/h2-3H,7H2,1H3,(H,9,10). The minimum atomic E-state index is -0.988. The van der Waals surface area contributed by atoms with Crippen LogP contribution in [-0.4, -0.2) is 15.6 Å². The molecule has 4 heteroatoms. The topological polar surface area (TPSA) is 68.2 Å². The van der Waals surface area contributed by atoms with Crippen molar-refractivity contribution in [3.8, 4) is 0 Å². The van der Waals surface area contributed by atoms with E-state index in [9.17, 15) is 4.79 Å². The molecule has 0 aliphatic carbocycles. The van der Waals surface area contributed by atoms with Crippen molar-refractivity contribution in [3.63, 3.8) is 0 Å². The molecule has 0 fully saturated rings. The number of carboxylic acid groups (broad SMARTS) is 1. The van der Waals surface area contributed by atoms with Gasteiger partial charge < -0.3 is 15.4 Å². The van der Waals surface area contributed by atoms with Gasteiger partial charge in [0.15, 0.2) is 0 Å². The van der Waals surface area contributed by atoms with E-state index in [0.717, 1.165) is 0 Å². The van der Waals surface area contributed by atoms with E-state index in [1.807, 2.05) is 0 Å². The van der Waals surface area contributed by atoms with E-state index in [-0.39, 0.29) is 5.56 Å². The van der Waals surface area contributed by atoms with E-state index in [0.29, 0.717) is 5.69 Å². The predicted octanol–water partition coefficient (Wildman–Crippen LogP) is 0.305. The Hall–Kier alpha value is -1.45. The molecular weight excluding hydrogens is 132 g/mol. The summed E-state index contributed by atoms with van der Waals surface area (Å²) in [4.78, 5) is 10.3. The van der Waals surface area contributed by atoms with Crippen molar-refractivity contribution in [1.82, 2.24) is 4.57 Å². The molecule has 0 amide bonds. The van der Waals surface area contributed by atoms with E-state index >= 15 is 0 Å². The van der Waals surface area contributed by atoms with Gasteiger partial charge in [0.1, 0.15) is 0 Å². The number of aromatic nitrogens is 1. The Morgan fingerprint density at radius 1 is 1.70 bits per heavy atom. The van der Waals surface area contributed by atoms with Crippen molar-refractivity contribution in [2.24, 2.45) is 7.05 Å². The maximum Gasteiger partial charge on any atom is 0.339 e. The minimum Gasteiger partial charge on any atom is -0.478 e. The summed E-state index contributed by atoms with van der Waals surface area (Å²) in [6.45, 7) is 0. The van der Waals surface area contributed by atoms with Crippen LogP contribution in [0.3, 0.4) is 0 Å². The SMILES string of the molecule is Cn1cc(N)c(C(=O)O)c1. The molecule has 54 valence electrons. The lowest BCUT2D eigenvalue weighted by atomic mass is 10.3. The molecule has 0 saturated carbocycles. The highest BCUT2D eigenvalue weighted by Gasteiger charge is 2.08. The third-order valence-corrected chi connectivity index (χ3v) is 1.22. The van der Waals surface area contributed by atoms with Crippen molar-refractivity contribution in [2.75, 3.05) is 5.73 Å². The highest BCUT2D eigenvalue weighted by molar-refractivity contribution is 5.93. The fourth-order valence-corrected chi connectivity index (χ4v) is 0.783. The number of nitrogen functional groups attached to an aromatic ring is 1. The fourth-order valence-electron chi connectivity index (χ4n) is 0.783. The van der Waals surface area contributed by atoms with Gasteiger partial charge in [0.05, 0.1) is 11.3 Å². The number of aromatic carboxylic acids is 1. The van der Waals surface area contributed by atoms with Crippen molar-refractivity contribution < 1.29 is 9.90 Å². The molecule has 1 aromatic heterocycles. The molecule has 0 radical (unpaired) electrons. The molecule has 0 aliphatic rings. The normalized spacial score (nSPS) is 9.70. The molecule has 1 rings (SSSR count). The van der Waals surface area contributed by atoms with Crippen LogP contribution in [0, 0.1) is 0 Å². The zero-order valence-electron chi connectivity index (χ0n) is 5.53. The smallest absolute Gasteiger partial charge is 0.339 e. The number of carbonyl (C=O) groups is 1. The van der Waals surface area contributed by atoms with Crippen molar-refractivity contribution in [3.05, 3.63) is 18.0 Å². The minimum absolute atomic E-state index is 0.155. The highest BCUT2D eigenvalue weighted by atomic mass is 16.4. The van der Waals surface area contributed by atoms with E-state index < -0.39 is 5.97 Å². The summed E-state index contributed by atoms with van der Waals surface area (Å²) in [7, 11) is 1.72. The van der Waals surface area contributed by atoms with Gasteiger partial charge in [0.2, 0.25) is 0 Å². The van der Waals surface area contributed by atoms with E-state index in [4.69, 9.17) is 10.8 Å². The first kappa shape index (κ1) is 6.67. The first-order valence-corrected chi connectivity index (χ1v) is 2.76. The zero-order valence-corrected chi connectivity index (χ0v) is 5.53. The third kappa shape index (κ3) is 0.953. The van der Waals surface area contributed by atoms with Gasteiger partial charge in [-0.1, -0.05) is 0 Å². The van der Waals surface area contributed by atoms with Crippen molar-refractivity contribution in [1.29, 1.82) is 0 Å². The Morgan fingerprint density at radius 2 is 2.30 bits per heavy atom. The fraction of sp³-hybridized carbons (Fsp3) is 0.167. The predicted molar refractivity (Wildman–Crippen MR) is 36.8 cm³/mol. The maximum absolute atomic E-state index is 10.3. The number of hydrogen-bond acceptors (Lipinski definition) is 2. The molecular formula is C6H8N2O2. The molecule has 1 aromatic rings. The highest BCUT2D eigenvalue weighted by Crippen LogP contribution is 2.10. The second-order valence-electron chi connectivity index (χ2n) is 2.10. The first-order chi connectivity index (χ1) is 4.61. The monoisotopic (exact) mass is 140 g/mol. The average Bonchev–Trinajstić information content (AvgIpc) is 2.10. The van der Waals surface area contributed by atoms with E-state index in [2.05, 4.69) is 0 Å². The molecule has 0 aliphatic heterocycles. The second kappa shape index (κ2) is 2.06. The number of anilines is 1. The van der Waals surface area contributed by atoms with Gasteiger partial charge in [-0.25, -0.2) is 4.79 Å². The summed E-state index contributed by atoms with van der Waals surface area (Å²) in [6.07, 6.45) is 3.03. The molecule has 4 nitrogen and oxygen atoms in total. The number of aryl methyl sites for hydroxylation is 1. The van der Waals surface area contributed by atoms with Gasteiger partial charge >= 0.3 is 5.97 Å². The van der Waals surface area contributed by atoms with Crippen LogP contribution in [0.2, 0.25) is 0 Å². The summed E-state index contributed by atoms with van der Waals surface area (Å²) in [5, 5.41) is 8.49. The Kier molecular flexibility index (Phi) is 1.37. The molecule has 1 heterocycles. The quantitative estimate of drug-likeness (QED) is 0.589. The number of carboxylic acids is 1. The molecule has 0 aromatic carbocycles. The van der Waals surface area contributed by atoms with Crippen LogP contribution in [0.5, 0.6) is 0 Å². The molecule has 0 spiro atoms. The molecule has 0 unspecified atom stereocenters. The lowest BCUT2D eigenvalue weighted by Gasteiger charge is -1.86. The van der Waals surface area contributed by atoms with Crippen LogP contribution < -0.4 is 5.73 Å². The van der Waals surface area contributed by atoms with E-state index in [1.54, 1.807) is 17.8 Å². The summed E-state index contributed by atoms with van der Waals surface area (Å²) >= 11 is 0. The van der Waals surface area contributed by atoms with Crippen LogP contribution in [0.1, 0.15) is 10.4 Å². The number of nitrogens with two attached hydrogens (primary N) is 1. The van der Waals surface area contributed by atoms with Gasteiger partial charge in [-0.05, 0) is 0 Å². The molecule has 0 bridgehead atoms. The third-order valence-electron chi connectivity index (χ3n) is 1.22. The molecule has 10 heavy (non-hydrogen) atoms. The summed E-state index contributed by atoms with van der Waals surface area (Å²) in [6, 6.07) is 0. The Bertz CT molecular complexity index is 265. The zero-order chi connectivity index (χ0) is 7.72. The first-order valence-electron chi connectivity index (χ1n) is 2.76. The van der Waals surface area contributed by atoms with E-state index in [1.165, 1.54) is 6.20 Å². The molecule has 0 atom stereocenters. The lowest BCUT2D eigenvalue weighted by molar-refractivity contribution is 0.0698. The lowest BCUT2D eigenvalue weighted by Crippen LogP contribution is -1.97.